The molecule has 0 saturated heterocycles. The Hall–Kier alpha value is -2.91. The fourth-order valence-electron chi connectivity index (χ4n) is 5.08. The fraction of sp³-hybridized carbons (Fsp3) is 0.355. The summed E-state index contributed by atoms with van der Waals surface area (Å²) in [5, 5.41) is 4.09. The van der Waals surface area contributed by atoms with Gasteiger partial charge in [-0.05, 0) is 60.4 Å². The van der Waals surface area contributed by atoms with Crippen LogP contribution in [-0.4, -0.2) is 55.1 Å². The topological polar surface area (TPSA) is 86.8 Å². The summed E-state index contributed by atoms with van der Waals surface area (Å²) in [5.41, 5.74) is 1.62. The minimum atomic E-state index is -3.99. The third kappa shape index (κ3) is 8.55. The Morgan fingerprint density at radius 2 is 1.54 bits per heavy atom. The molecular formula is C31H35Cl2N3O4S. The molecule has 1 atom stereocenters. The molecule has 1 fully saturated rings. The van der Waals surface area contributed by atoms with Crippen LogP contribution in [0.4, 0.5) is 0 Å². The van der Waals surface area contributed by atoms with Crippen LogP contribution in [-0.2, 0) is 32.6 Å². The average Bonchev–Trinajstić information content (AvgIpc) is 2.96. The predicted molar refractivity (Wildman–Crippen MR) is 162 cm³/mol. The SMILES string of the molecule is CN(CC(=O)N(Cc1cccc(Cl)c1)C(Cc1ccccc1)C(=O)NC1CCCCC1)S(=O)(=O)c1ccc(Cl)cc1. The molecule has 1 aliphatic carbocycles. The van der Waals surface area contributed by atoms with Crippen molar-refractivity contribution in [2.75, 3.05) is 13.6 Å². The number of carbonyl (C=O) groups is 2. The molecule has 10 heteroatoms. The number of rotatable bonds is 11. The zero-order valence-corrected chi connectivity index (χ0v) is 25.3. The monoisotopic (exact) mass is 615 g/mol. The summed E-state index contributed by atoms with van der Waals surface area (Å²) in [6, 6.07) is 21.6. The highest BCUT2D eigenvalue weighted by molar-refractivity contribution is 7.89. The van der Waals surface area contributed by atoms with Gasteiger partial charge in [0.15, 0.2) is 0 Å². The third-order valence-corrected chi connectivity index (χ3v) is 9.65. The van der Waals surface area contributed by atoms with Crippen LogP contribution >= 0.6 is 23.2 Å². The maximum Gasteiger partial charge on any atom is 0.243 e. The molecule has 0 bridgehead atoms. The Morgan fingerprint density at radius 1 is 0.878 bits per heavy atom. The molecule has 0 aliphatic heterocycles. The number of nitrogens with one attached hydrogen (secondary N) is 1. The highest BCUT2D eigenvalue weighted by Gasteiger charge is 2.34. The number of hydrogen-bond donors (Lipinski definition) is 1. The highest BCUT2D eigenvalue weighted by atomic mass is 35.5. The van der Waals surface area contributed by atoms with Gasteiger partial charge in [0.1, 0.15) is 6.04 Å². The molecule has 7 nitrogen and oxygen atoms in total. The second-order valence-electron chi connectivity index (χ2n) is 10.4. The van der Waals surface area contributed by atoms with Gasteiger partial charge in [-0.25, -0.2) is 8.42 Å². The molecule has 3 aromatic carbocycles. The molecule has 41 heavy (non-hydrogen) atoms. The minimum absolute atomic E-state index is 0.0227. The van der Waals surface area contributed by atoms with E-state index in [2.05, 4.69) is 5.32 Å². The van der Waals surface area contributed by atoms with E-state index in [1.807, 2.05) is 36.4 Å². The molecular weight excluding hydrogens is 581 g/mol. The first kappa shape index (κ1) is 31.0. The summed E-state index contributed by atoms with van der Waals surface area (Å²) in [6.45, 7) is -0.364. The lowest BCUT2D eigenvalue weighted by atomic mass is 9.94. The van der Waals surface area contributed by atoms with Crippen LogP contribution in [0.3, 0.4) is 0 Å². The van der Waals surface area contributed by atoms with Crippen LogP contribution in [0.25, 0.3) is 0 Å². The van der Waals surface area contributed by atoms with Crippen LogP contribution in [0.15, 0.2) is 83.8 Å². The van der Waals surface area contributed by atoms with Gasteiger partial charge in [-0.2, -0.15) is 4.31 Å². The van der Waals surface area contributed by atoms with E-state index in [4.69, 9.17) is 23.2 Å². The van der Waals surface area contributed by atoms with Gasteiger partial charge in [0.25, 0.3) is 0 Å². The molecule has 1 N–H and O–H groups in total. The van der Waals surface area contributed by atoms with E-state index >= 15 is 0 Å². The van der Waals surface area contributed by atoms with Gasteiger partial charge < -0.3 is 10.2 Å². The van der Waals surface area contributed by atoms with Crippen molar-refractivity contribution >= 4 is 45.0 Å². The Balaban J connectivity index is 1.66. The lowest BCUT2D eigenvalue weighted by Gasteiger charge is -2.34. The van der Waals surface area contributed by atoms with E-state index in [-0.39, 0.29) is 29.8 Å². The number of amides is 2. The van der Waals surface area contributed by atoms with Crippen LogP contribution in [0.1, 0.15) is 43.2 Å². The van der Waals surface area contributed by atoms with Gasteiger partial charge in [0.05, 0.1) is 11.4 Å². The van der Waals surface area contributed by atoms with E-state index in [1.165, 1.54) is 36.2 Å². The van der Waals surface area contributed by atoms with E-state index in [0.717, 1.165) is 47.5 Å². The fourth-order valence-corrected chi connectivity index (χ4v) is 6.54. The Bertz CT molecular complexity index is 1430. The maximum absolute atomic E-state index is 14.0. The molecule has 218 valence electrons. The Labute approximate surface area is 252 Å². The van der Waals surface area contributed by atoms with Gasteiger partial charge in [-0.1, -0.05) is 84.9 Å². The zero-order valence-electron chi connectivity index (χ0n) is 23.0. The lowest BCUT2D eigenvalue weighted by Crippen LogP contribution is -2.54. The zero-order chi connectivity index (χ0) is 29.4. The van der Waals surface area contributed by atoms with Crippen molar-refractivity contribution in [3.05, 3.63) is 100 Å². The summed E-state index contributed by atoms with van der Waals surface area (Å²) in [4.78, 5) is 29.4. The molecule has 0 radical (unpaired) electrons. The number of likely N-dealkylation sites (N-methyl/N-ethyl adjacent to an activating group) is 1. The van der Waals surface area contributed by atoms with Gasteiger partial charge in [0, 0.05) is 36.1 Å². The quantitative estimate of drug-likeness (QED) is 0.300. The molecule has 0 heterocycles. The summed E-state index contributed by atoms with van der Waals surface area (Å²) in [5.74, 6) is -0.746. The van der Waals surface area contributed by atoms with Gasteiger partial charge in [-0.15, -0.1) is 0 Å². The number of nitrogens with zero attached hydrogens (tertiary/aromatic N) is 2. The predicted octanol–water partition coefficient (Wildman–Crippen LogP) is 5.70. The number of halogens is 2. The number of hydrogen-bond acceptors (Lipinski definition) is 4. The summed E-state index contributed by atoms with van der Waals surface area (Å²) < 4.78 is 27.6. The van der Waals surface area contributed by atoms with Crippen LogP contribution in [0.5, 0.6) is 0 Å². The largest absolute Gasteiger partial charge is 0.352 e. The van der Waals surface area contributed by atoms with Crippen molar-refractivity contribution in [3.8, 4) is 0 Å². The van der Waals surface area contributed by atoms with Crippen molar-refractivity contribution < 1.29 is 18.0 Å². The van der Waals surface area contributed by atoms with Crippen molar-refractivity contribution in [2.45, 2.75) is 62.0 Å². The second-order valence-corrected chi connectivity index (χ2v) is 13.3. The van der Waals surface area contributed by atoms with Crippen molar-refractivity contribution in [1.29, 1.82) is 0 Å². The lowest BCUT2D eigenvalue weighted by molar-refractivity contribution is -0.141. The molecule has 0 spiro atoms. The smallest absolute Gasteiger partial charge is 0.243 e. The first-order chi connectivity index (χ1) is 19.6. The van der Waals surface area contributed by atoms with E-state index < -0.39 is 28.5 Å². The highest BCUT2D eigenvalue weighted by Crippen LogP contribution is 2.22. The normalized spacial score (nSPS) is 14.9. The maximum atomic E-state index is 14.0. The van der Waals surface area contributed by atoms with Crippen molar-refractivity contribution in [3.63, 3.8) is 0 Å². The summed E-state index contributed by atoms with van der Waals surface area (Å²) in [6.07, 6.45) is 5.31. The van der Waals surface area contributed by atoms with Gasteiger partial charge >= 0.3 is 0 Å². The van der Waals surface area contributed by atoms with Crippen LogP contribution in [0, 0.1) is 0 Å². The molecule has 0 aromatic heterocycles. The molecule has 4 rings (SSSR count). The molecule has 3 aromatic rings. The molecule has 1 saturated carbocycles. The van der Waals surface area contributed by atoms with E-state index in [9.17, 15) is 18.0 Å². The van der Waals surface area contributed by atoms with E-state index in [0.29, 0.717) is 10.0 Å². The first-order valence-electron chi connectivity index (χ1n) is 13.7. The Morgan fingerprint density at radius 3 is 2.20 bits per heavy atom. The first-order valence-corrected chi connectivity index (χ1v) is 15.9. The number of benzene rings is 3. The number of sulfonamides is 1. The van der Waals surface area contributed by atoms with Gasteiger partial charge in [0.2, 0.25) is 21.8 Å². The van der Waals surface area contributed by atoms with E-state index in [1.54, 1.807) is 18.2 Å². The second kappa shape index (κ2) is 14.3. The standard InChI is InChI=1S/C31H35Cl2N3O4S/c1-35(41(39,40)28-17-15-25(32)16-18-28)22-30(37)36(21-24-11-8-12-26(33)19-24)29(20-23-9-4-2-5-10-23)31(38)34-27-13-6-3-7-14-27/h2,4-5,8-12,15-19,27,29H,3,6-7,13-14,20-22H2,1H3,(H,34,38). The van der Waals surface area contributed by atoms with Gasteiger partial charge in [-0.3, -0.25) is 9.59 Å². The average molecular weight is 617 g/mol. The van der Waals surface area contributed by atoms with Crippen molar-refractivity contribution in [1.82, 2.24) is 14.5 Å². The molecule has 1 unspecified atom stereocenters. The molecule has 2 amide bonds. The van der Waals surface area contributed by atoms with Crippen LogP contribution < -0.4 is 5.32 Å². The number of carbonyl (C=O) groups excluding carboxylic acids is 2. The van der Waals surface area contributed by atoms with Crippen molar-refractivity contribution in [2.24, 2.45) is 0 Å². The summed E-state index contributed by atoms with van der Waals surface area (Å²) in [7, 11) is -2.63. The summed E-state index contributed by atoms with van der Waals surface area (Å²) >= 11 is 12.2. The Kier molecular flexibility index (Phi) is 10.8. The third-order valence-electron chi connectivity index (χ3n) is 7.34. The molecule has 1 aliphatic rings. The minimum Gasteiger partial charge on any atom is -0.352 e. The van der Waals surface area contributed by atoms with Crippen LogP contribution in [0.2, 0.25) is 10.0 Å².